The number of carboxylic acids is 1. The molecule has 0 spiro atoms. The summed E-state index contributed by atoms with van der Waals surface area (Å²) < 4.78 is 12.0. The quantitative estimate of drug-likeness (QED) is 0.382. The Hall–Kier alpha value is -1.30. The molecule has 2 bridgehead atoms. The van der Waals surface area contributed by atoms with Gasteiger partial charge in [-0.15, -0.1) is 0 Å². The van der Waals surface area contributed by atoms with Crippen molar-refractivity contribution in [1.82, 2.24) is 0 Å². The normalized spacial score (nSPS) is 34.3. The molecule has 3 fully saturated rings. The first-order chi connectivity index (χ1) is 12.7. The van der Waals surface area contributed by atoms with Crippen LogP contribution in [-0.4, -0.2) is 41.2 Å². The van der Waals surface area contributed by atoms with E-state index < -0.39 is 5.97 Å². The number of ether oxygens (including phenoxy) is 2. The number of epoxide rings is 1. The summed E-state index contributed by atoms with van der Waals surface area (Å²) in [5.41, 5.74) is 1.37. The highest BCUT2D eigenvalue weighted by molar-refractivity contribution is 7.98. The Morgan fingerprint density at radius 3 is 2.54 bits per heavy atom. The fourth-order valence-corrected chi connectivity index (χ4v) is 5.59. The number of carboxylic acid groups (broad SMARTS) is 1. The van der Waals surface area contributed by atoms with E-state index in [4.69, 9.17) is 14.6 Å². The number of benzene rings is 1. The summed E-state index contributed by atoms with van der Waals surface area (Å²) in [5.74, 6) is 2.53. The predicted octanol–water partition coefficient (Wildman–Crippen LogP) is 3.90. The van der Waals surface area contributed by atoms with Gasteiger partial charge in [-0.25, -0.2) is 0 Å². The van der Waals surface area contributed by atoms with Crippen LogP contribution < -0.4 is 0 Å². The van der Waals surface area contributed by atoms with E-state index in [-0.39, 0.29) is 18.6 Å². The van der Waals surface area contributed by atoms with Gasteiger partial charge in [-0.3, -0.25) is 4.79 Å². The SMILES string of the molecule is O=C(O)CCC/C=C\C[C@H]1[C@@H](CSCc2ccccc2)[C@@H]2O[C@H]1[C@@H]1O[C@@H]12. The highest BCUT2D eigenvalue weighted by Gasteiger charge is 2.68. The number of fused-ring (bicyclic) bond motifs is 5. The molecule has 0 saturated carbocycles. The second-order valence-electron chi connectivity index (χ2n) is 7.45. The summed E-state index contributed by atoms with van der Waals surface area (Å²) in [4.78, 5) is 10.6. The van der Waals surface area contributed by atoms with Crippen molar-refractivity contribution in [3.05, 3.63) is 48.0 Å². The molecule has 5 heteroatoms. The largest absolute Gasteiger partial charge is 0.481 e. The second-order valence-corrected chi connectivity index (χ2v) is 8.48. The van der Waals surface area contributed by atoms with Gasteiger partial charge in [0.05, 0.1) is 12.2 Å². The number of carbonyl (C=O) groups is 1. The van der Waals surface area contributed by atoms with Gasteiger partial charge >= 0.3 is 5.97 Å². The summed E-state index contributed by atoms with van der Waals surface area (Å²) >= 11 is 1.99. The van der Waals surface area contributed by atoms with Crippen LogP contribution in [0.5, 0.6) is 0 Å². The number of unbranched alkanes of at least 4 members (excludes halogenated alkanes) is 1. The van der Waals surface area contributed by atoms with Gasteiger partial charge in [-0.1, -0.05) is 42.5 Å². The Morgan fingerprint density at radius 2 is 1.77 bits per heavy atom. The van der Waals surface area contributed by atoms with Crippen LogP contribution in [0.1, 0.15) is 31.2 Å². The van der Waals surface area contributed by atoms with E-state index in [9.17, 15) is 4.79 Å². The molecule has 0 radical (unpaired) electrons. The van der Waals surface area contributed by atoms with E-state index >= 15 is 0 Å². The smallest absolute Gasteiger partial charge is 0.303 e. The van der Waals surface area contributed by atoms with Crippen molar-refractivity contribution in [3.63, 3.8) is 0 Å². The lowest BCUT2D eigenvalue weighted by Gasteiger charge is -2.24. The van der Waals surface area contributed by atoms with Gasteiger partial charge in [0.15, 0.2) is 0 Å². The second kappa shape index (κ2) is 8.15. The monoisotopic (exact) mass is 374 g/mol. The Bertz CT molecular complexity index is 647. The number of hydrogen-bond acceptors (Lipinski definition) is 4. The lowest BCUT2D eigenvalue weighted by Crippen LogP contribution is -2.34. The predicted molar refractivity (Wildman–Crippen MR) is 102 cm³/mol. The standard InChI is InChI=1S/C21H26O4S/c22-17(23)11-7-2-1-6-10-15-16(19-21-20(25-21)18(15)24-19)13-26-12-14-8-4-3-5-9-14/h1,3-6,8-9,15-16,18-21H,2,7,10-13H2,(H,22,23)/b6-1-/t15-,16+,18+,19-,20-,21+/m0/s1. The van der Waals surface area contributed by atoms with Crippen LogP contribution >= 0.6 is 11.8 Å². The summed E-state index contributed by atoms with van der Waals surface area (Å²) in [6.45, 7) is 0. The van der Waals surface area contributed by atoms with Crippen molar-refractivity contribution in [2.75, 3.05) is 5.75 Å². The van der Waals surface area contributed by atoms with Gasteiger partial charge in [0, 0.05) is 18.1 Å². The fourth-order valence-electron chi connectivity index (χ4n) is 4.33. The van der Waals surface area contributed by atoms with E-state index in [1.165, 1.54) is 5.56 Å². The topological polar surface area (TPSA) is 59.1 Å². The van der Waals surface area contributed by atoms with Crippen molar-refractivity contribution < 1.29 is 19.4 Å². The Morgan fingerprint density at radius 1 is 1.04 bits per heavy atom. The number of rotatable bonds is 10. The van der Waals surface area contributed by atoms with Crippen LogP contribution in [0.3, 0.4) is 0 Å². The zero-order valence-electron chi connectivity index (χ0n) is 14.8. The van der Waals surface area contributed by atoms with Crippen LogP contribution in [0, 0.1) is 11.8 Å². The molecule has 0 aliphatic carbocycles. The zero-order valence-corrected chi connectivity index (χ0v) is 15.6. The third kappa shape index (κ3) is 4.00. The molecule has 0 amide bonds. The van der Waals surface area contributed by atoms with Gasteiger partial charge in [0.2, 0.25) is 0 Å². The maximum atomic E-state index is 10.6. The van der Waals surface area contributed by atoms with Gasteiger partial charge in [0.1, 0.15) is 12.2 Å². The van der Waals surface area contributed by atoms with Gasteiger partial charge in [0.25, 0.3) is 0 Å². The summed E-state index contributed by atoms with van der Waals surface area (Å²) in [6.07, 6.45) is 8.38. The molecule has 140 valence electrons. The molecule has 0 unspecified atom stereocenters. The molecule has 6 atom stereocenters. The van der Waals surface area contributed by atoms with Crippen molar-refractivity contribution >= 4 is 17.7 Å². The van der Waals surface area contributed by atoms with Crippen molar-refractivity contribution in [2.24, 2.45) is 11.8 Å². The average Bonchev–Trinajstić information content (AvgIpc) is 3.27. The van der Waals surface area contributed by atoms with Gasteiger partial charge in [-0.05, 0) is 36.5 Å². The average molecular weight is 375 g/mol. The first-order valence-corrected chi connectivity index (χ1v) is 10.7. The Labute approximate surface area is 159 Å². The number of aliphatic carboxylic acids is 1. The highest BCUT2D eigenvalue weighted by Crippen LogP contribution is 2.55. The summed E-state index contributed by atoms with van der Waals surface area (Å²) in [7, 11) is 0. The molecule has 4 rings (SSSR count). The van der Waals surface area contributed by atoms with Crippen LogP contribution in [0.2, 0.25) is 0 Å². The lowest BCUT2D eigenvalue weighted by atomic mass is 9.78. The number of thioether (sulfide) groups is 1. The summed E-state index contributed by atoms with van der Waals surface area (Å²) in [5, 5.41) is 8.69. The molecule has 1 aromatic carbocycles. The van der Waals surface area contributed by atoms with Crippen LogP contribution in [0.15, 0.2) is 42.5 Å². The molecule has 1 aromatic rings. The molecule has 3 aliphatic rings. The molecule has 0 aromatic heterocycles. The van der Waals surface area contributed by atoms with Crippen LogP contribution in [0.4, 0.5) is 0 Å². The zero-order chi connectivity index (χ0) is 17.9. The lowest BCUT2D eigenvalue weighted by molar-refractivity contribution is -0.137. The minimum absolute atomic E-state index is 0.248. The summed E-state index contributed by atoms with van der Waals surface area (Å²) in [6, 6.07) is 10.6. The van der Waals surface area contributed by atoms with Crippen molar-refractivity contribution in [2.45, 2.75) is 55.9 Å². The van der Waals surface area contributed by atoms with E-state index in [0.717, 1.165) is 24.3 Å². The van der Waals surface area contributed by atoms with Gasteiger partial charge in [-0.2, -0.15) is 11.8 Å². The minimum atomic E-state index is -0.715. The third-order valence-corrected chi connectivity index (χ3v) is 6.83. The number of allylic oxidation sites excluding steroid dienone is 2. The molecule has 3 aliphatic heterocycles. The van der Waals surface area contributed by atoms with Crippen LogP contribution in [-0.2, 0) is 20.0 Å². The minimum Gasteiger partial charge on any atom is -0.481 e. The molecule has 1 N–H and O–H groups in total. The maximum Gasteiger partial charge on any atom is 0.303 e. The molecule has 3 heterocycles. The molecule has 4 nitrogen and oxygen atoms in total. The molecule has 3 saturated heterocycles. The van der Waals surface area contributed by atoms with Gasteiger partial charge < -0.3 is 14.6 Å². The first-order valence-electron chi connectivity index (χ1n) is 9.53. The first kappa shape index (κ1) is 18.1. The van der Waals surface area contributed by atoms with E-state index in [1.807, 2.05) is 11.8 Å². The van der Waals surface area contributed by atoms with Crippen LogP contribution in [0.25, 0.3) is 0 Å². The number of hydrogen-bond donors (Lipinski definition) is 1. The maximum absolute atomic E-state index is 10.6. The van der Waals surface area contributed by atoms with E-state index in [0.29, 0.717) is 30.5 Å². The van der Waals surface area contributed by atoms with Crippen molar-refractivity contribution in [1.29, 1.82) is 0 Å². The molecular formula is C21H26O4S. The molecule has 26 heavy (non-hydrogen) atoms. The molecular weight excluding hydrogens is 348 g/mol. The van der Waals surface area contributed by atoms with E-state index in [1.54, 1.807) is 0 Å². The third-order valence-electron chi connectivity index (χ3n) is 5.68. The van der Waals surface area contributed by atoms with Crippen molar-refractivity contribution in [3.8, 4) is 0 Å². The fraction of sp³-hybridized carbons (Fsp3) is 0.571. The highest BCUT2D eigenvalue weighted by atomic mass is 32.2. The van der Waals surface area contributed by atoms with E-state index in [2.05, 4.69) is 42.5 Å². The Kier molecular flexibility index (Phi) is 5.67. The Balaban J connectivity index is 1.27.